The van der Waals surface area contributed by atoms with Crippen LogP contribution < -0.4 is 5.73 Å². The van der Waals surface area contributed by atoms with E-state index in [0.29, 0.717) is 0 Å². The molecule has 0 amide bonds. The van der Waals surface area contributed by atoms with Crippen molar-refractivity contribution >= 4 is 5.97 Å². The van der Waals surface area contributed by atoms with Crippen LogP contribution in [0.3, 0.4) is 0 Å². The number of aliphatic hydroxyl groups excluding tert-OH is 3. The average Bonchev–Trinajstić information content (AvgIpc) is 2.10. The van der Waals surface area contributed by atoms with Gasteiger partial charge in [0.25, 0.3) is 0 Å². The zero-order chi connectivity index (χ0) is 10.9. The SMILES string of the molecule is NC[C@H]1OC(O)[C@H](C(=O)O)[C@@H](O)[C@H]1O. The summed E-state index contributed by atoms with van der Waals surface area (Å²) < 4.78 is 4.73. The number of carbonyl (C=O) groups is 1. The summed E-state index contributed by atoms with van der Waals surface area (Å²) in [5, 5.41) is 36.5. The first-order valence-electron chi connectivity index (χ1n) is 4.11. The van der Waals surface area contributed by atoms with Crippen LogP contribution in [0.4, 0.5) is 0 Å². The average molecular weight is 207 g/mol. The predicted octanol–water partition coefficient (Wildman–Crippen LogP) is -2.92. The molecule has 7 heteroatoms. The molecule has 0 aromatic carbocycles. The number of aliphatic carboxylic acids is 1. The van der Waals surface area contributed by atoms with Gasteiger partial charge < -0.3 is 30.9 Å². The van der Waals surface area contributed by atoms with Gasteiger partial charge in [-0.15, -0.1) is 0 Å². The van der Waals surface area contributed by atoms with Crippen LogP contribution in [0.15, 0.2) is 0 Å². The Bertz CT molecular complexity index is 222. The first kappa shape index (κ1) is 11.3. The van der Waals surface area contributed by atoms with Crippen molar-refractivity contribution in [2.45, 2.75) is 24.6 Å². The minimum Gasteiger partial charge on any atom is -0.481 e. The molecule has 0 saturated carbocycles. The van der Waals surface area contributed by atoms with E-state index in [0.717, 1.165) is 0 Å². The van der Waals surface area contributed by atoms with Crippen molar-refractivity contribution in [3.05, 3.63) is 0 Å². The molecule has 1 saturated heterocycles. The number of aliphatic hydroxyl groups is 3. The number of hydrogen-bond donors (Lipinski definition) is 5. The fourth-order valence-corrected chi connectivity index (χ4v) is 1.41. The third-order valence-electron chi connectivity index (χ3n) is 2.24. The number of ether oxygens (including phenoxy) is 1. The van der Waals surface area contributed by atoms with Crippen molar-refractivity contribution in [3.8, 4) is 0 Å². The molecule has 1 aliphatic heterocycles. The third-order valence-corrected chi connectivity index (χ3v) is 2.24. The Kier molecular flexibility index (Phi) is 3.40. The largest absolute Gasteiger partial charge is 0.481 e. The monoisotopic (exact) mass is 207 g/mol. The number of rotatable bonds is 2. The molecule has 1 unspecified atom stereocenters. The highest BCUT2D eigenvalue weighted by Gasteiger charge is 2.46. The van der Waals surface area contributed by atoms with E-state index in [9.17, 15) is 20.1 Å². The van der Waals surface area contributed by atoms with Crippen LogP contribution in [0.25, 0.3) is 0 Å². The first-order valence-corrected chi connectivity index (χ1v) is 4.11. The van der Waals surface area contributed by atoms with Gasteiger partial charge in [0.2, 0.25) is 0 Å². The van der Waals surface area contributed by atoms with E-state index in [1.807, 2.05) is 0 Å². The summed E-state index contributed by atoms with van der Waals surface area (Å²) in [6.07, 6.45) is -5.58. The molecule has 5 atom stereocenters. The van der Waals surface area contributed by atoms with Gasteiger partial charge in [-0.1, -0.05) is 0 Å². The molecule has 0 radical (unpaired) electrons. The van der Waals surface area contributed by atoms with Crippen molar-refractivity contribution in [1.82, 2.24) is 0 Å². The summed E-state index contributed by atoms with van der Waals surface area (Å²) in [6, 6.07) is 0. The minimum absolute atomic E-state index is 0.109. The first-order chi connectivity index (χ1) is 6.49. The fourth-order valence-electron chi connectivity index (χ4n) is 1.41. The van der Waals surface area contributed by atoms with Crippen molar-refractivity contribution < 1.29 is 30.0 Å². The van der Waals surface area contributed by atoms with Gasteiger partial charge in [-0.05, 0) is 0 Å². The molecular weight excluding hydrogens is 194 g/mol. The van der Waals surface area contributed by atoms with Crippen LogP contribution in [-0.2, 0) is 9.53 Å². The molecule has 82 valence electrons. The van der Waals surface area contributed by atoms with Gasteiger partial charge in [-0.2, -0.15) is 0 Å². The highest BCUT2D eigenvalue weighted by Crippen LogP contribution is 2.24. The summed E-state index contributed by atoms with van der Waals surface area (Å²) in [4.78, 5) is 10.6. The van der Waals surface area contributed by atoms with Crippen LogP contribution in [0.1, 0.15) is 0 Å². The van der Waals surface area contributed by atoms with Crippen LogP contribution in [0.2, 0.25) is 0 Å². The summed E-state index contributed by atoms with van der Waals surface area (Å²) in [6.45, 7) is -0.109. The van der Waals surface area contributed by atoms with Gasteiger partial charge in [0.1, 0.15) is 24.2 Å². The molecule has 14 heavy (non-hydrogen) atoms. The Labute approximate surface area is 79.7 Å². The van der Waals surface area contributed by atoms with E-state index in [1.165, 1.54) is 0 Å². The van der Waals surface area contributed by atoms with Crippen LogP contribution in [-0.4, -0.2) is 57.5 Å². The second-order valence-electron chi connectivity index (χ2n) is 3.15. The molecule has 1 fully saturated rings. The molecule has 1 heterocycles. The molecule has 0 aromatic heterocycles. The Morgan fingerprint density at radius 1 is 1.29 bits per heavy atom. The summed E-state index contributed by atoms with van der Waals surface area (Å²) in [7, 11) is 0. The van der Waals surface area contributed by atoms with E-state index in [-0.39, 0.29) is 6.54 Å². The summed E-state index contributed by atoms with van der Waals surface area (Å²) in [5.41, 5.74) is 5.19. The van der Waals surface area contributed by atoms with Crippen molar-refractivity contribution in [3.63, 3.8) is 0 Å². The number of carboxylic acids is 1. The number of carboxylic acid groups (broad SMARTS) is 1. The lowest BCUT2D eigenvalue weighted by Crippen LogP contribution is -2.58. The van der Waals surface area contributed by atoms with E-state index in [1.54, 1.807) is 0 Å². The van der Waals surface area contributed by atoms with Crippen LogP contribution in [0, 0.1) is 5.92 Å². The highest BCUT2D eigenvalue weighted by atomic mass is 16.6. The van der Waals surface area contributed by atoms with Gasteiger partial charge in [0.05, 0.1) is 0 Å². The highest BCUT2D eigenvalue weighted by molar-refractivity contribution is 5.71. The zero-order valence-corrected chi connectivity index (χ0v) is 7.28. The van der Waals surface area contributed by atoms with E-state index in [4.69, 9.17) is 15.6 Å². The van der Waals surface area contributed by atoms with Crippen LogP contribution >= 0.6 is 0 Å². The van der Waals surface area contributed by atoms with E-state index >= 15 is 0 Å². The van der Waals surface area contributed by atoms with Gasteiger partial charge >= 0.3 is 5.97 Å². The van der Waals surface area contributed by atoms with Gasteiger partial charge in [-0.25, -0.2) is 0 Å². The number of hydrogen-bond acceptors (Lipinski definition) is 6. The Morgan fingerprint density at radius 3 is 2.29 bits per heavy atom. The molecular formula is C7H13NO6. The molecule has 0 bridgehead atoms. The van der Waals surface area contributed by atoms with Crippen molar-refractivity contribution in [2.75, 3.05) is 6.54 Å². The maximum atomic E-state index is 10.6. The van der Waals surface area contributed by atoms with Gasteiger partial charge in [0, 0.05) is 6.54 Å². The van der Waals surface area contributed by atoms with Crippen molar-refractivity contribution in [1.29, 1.82) is 0 Å². The maximum absolute atomic E-state index is 10.6. The van der Waals surface area contributed by atoms with Gasteiger partial charge in [-0.3, -0.25) is 4.79 Å². The van der Waals surface area contributed by atoms with Crippen LogP contribution in [0.5, 0.6) is 0 Å². The van der Waals surface area contributed by atoms with E-state index < -0.39 is 36.5 Å². The second-order valence-corrected chi connectivity index (χ2v) is 3.15. The lowest BCUT2D eigenvalue weighted by molar-refractivity contribution is -0.260. The third kappa shape index (κ3) is 1.86. The normalized spacial score (nSPS) is 43.6. The van der Waals surface area contributed by atoms with Gasteiger partial charge in [0.15, 0.2) is 6.29 Å². The zero-order valence-electron chi connectivity index (χ0n) is 7.28. The Hall–Kier alpha value is -0.730. The van der Waals surface area contributed by atoms with E-state index in [2.05, 4.69) is 0 Å². The smallest absolute Gasteiger partial charge is 0.314 e. The lowest BCUT2D eigenvalue weighted by atomic mass is 9.91. The minimum atomic E-state index is -1.65. The molecule has 0 aliphatic carbocycles. The summed E-state index contributed by atoms with van der Waals surface area (Å²) in [5.74, 6) is -2.98. The fraction of sp³-hybridized carbons (Fsp3) is 0.857. The second kappa shape index (κ2) is 4.20. The molecule has 0 spiro atoms. The maximum Gasteiger partial charge on any atom is 0.314 e. The topological polar surface area (TPSA) is 133 Å². The predicted molar refractivity (Wildman–Crippen MR) is 43.1 cm³/mol. The standard InChI is InChI=1S/C7H13NO6/c8-1-2-4(9)5(10)3(6(11)12)7(13)14-2/h2-5,7,9-10,13H,1,8H2,(H,11,12)/t2-,3+,4+,5-,7?/m1/s1. The lowest BCUT2D eigenvalue weighted by Gasteiger charge is -2.38. The summed E-state index contributed by atoms with van der Waals surface area (Å²) >= 11 is 0. The molecule has 6 N–H and O–H groups in total. The molecule has 7 nitrogen and oxygen atoms in total. The quantitative estimate of drug-likeness (QED) is 0.327. The molecule has 0 aromatic rings. The number of nitrogens with two attached hydrogens (primary N) is 1. The van der Waals surface area contributed by atoms with Crippen molar-refractivity contribution in [2.24, 2.45) is 11.7 Å². The molecule has 1 aliphatic rings. The Balaban J connectivity index is 2.79. The Morgan fingerprint density at radius 2 is 1.86 bits per heavy atom. The molecule has 1 rings (SSSR count).